The maximum atomic E-state index is 11.6. The largest absolute Gasteiger partial charge is 0.468 e. The van der Waals surface area contributed by atoms with Gasteiger partial charge in [0.05, 0.1) is 7.11 Å². The molecule has 0 aromatic heterocycles. The second-order valence-electron chi connectivity index (χ2n) is 5.07. The Morgan fingerprint density at radius 3 is 2.67 bits per heavy atom. The van der Waals surface area contributed by atoms with Crippen LogP contribution in [-0.2, 0) is 14.3 Å². The molecule has 0 aromatic carbocycles. The fraction of sp³-hybridized carbons (Fsp3) is 0.818. The van der Waals surface area contributed by atoms with Gasteiger partial charge in [-0.15, -0.1) is 0 Å². The van der Waals surface area contributed by atoms with E-state index in [4.69, 9.17) is 5.73 Å². The van der Waals surface area contributed by atoms with E-state index in [1.807, 2.05) is 0 Å². The van der Waals surface area contributed by atoms with Gasteiger partial charge in [-0.2, -0.15) is 0 Å². The van der Waals surface area contributed by atoms with E-state index in [1.165, 1.54) is 7.11 Å². The van der Waals surface area contributed by atoms with Crippen molar-refractivity contribution >= 4 is 11.8 Å². The van der Waals surface area contributed by atoms with Crippen LogP contribution in [0, 0.1) is 11.3 Å². The van der Waals surface area contributed by atoms with Crippen molar-refractivity contribution in [3.05, 3.63) is 0 Å². The topological polar surface area (TPSA) is 69.4 Å². The van der Waals surface area contributed by atoms with Crippen LogP contribution in [0.4, 0.5) is 0 Å². The summed E-state index contributed by atoms with van der Waals surface area (Å²) >= 11 is 0. The van der Waals surface area contributed by atoms with Gasteiger partial charge in [0.2, 0.25) is 0 Å². The Kier molecular flexibility index (Phi) is 3.50. The van der Waals surface area contributed by atoms with Gasteiger partial charge >= 0.3 is 5.97 Å². The summed E-state index contributed by atoms with van der Waals surface area (Å²) in [6, 6.07) is -0.669. The van der Waals surface area contributed by atoms with Crippen LogP contribution in [0.1, 0.15) is 33.1 Å². The van der Waals surface area contributed by atoms with Crippen molar-refractivity contribution in [1.82, 2.24) is 0 Å². The van der Waals surface area contributed by atoms with Crippen molar-refractivity contribution in [3.8, 4) is 0 Å². The van der Waals surface area contributed by atoms with Gasteiger partial charge < -0.3 is 10.5 Å². The van der Waals surface area contributed by atoms with Gasteiger partial charge in [-0.25, -0.2) is 0 Å². The molecule has 0 aliphatic heterocycles. The average Bonchev–Trinajstić information content (AvgIpc) is 2.38. The molecule has 2 atom stereocenters. The van der Waals surface area contributed by atoms with Gasteiger partial charge in [-0.05, 0) is 18.3 Å². The minimum atomic E-state index is -0.669. The van der Waals surface area contributed by atoms with Gasteiger partial charge in [0.15, 0.2) is 0 Å². The van der Waals surface area contributed by atoms with E-state index >= 15 is 0 Å². The standard InChI is InChI=1S/C11H19NO3/c1-11(2)5-7(9(13)6-11)4-8(12)10(14)15-3/h7-8H,4-6,12H2,1-3H3/t7?,8-/m0/s1. The number of ketones is 1. The van der Waals surface area contributed by atoms with E-state index in [0.29, 0.717) is 12.8 Å². The molecule has 1 unspecified atom stereocenters. The Morgan fingerprint density at radius 2 is 2.27 bits per heavy atom. The zero-order valence-electron chi connectivity index (χ0n) is 9.58. The predicted octanol–water partition coefficient (Wildman–Crippen LogP) is 0.882. The maximum absolute atomic E-state index is 11.6. The van der Waals surface area contributed by atoms with Crippen molar-refractivity contribution in [3.63, 3.8) is 0 Å². The van der Waals surface area contributed by atoms with Crippen LogP contribution in [0.25, 0.3) is 0 Å². The van der Waals surface area contributed by atoms with Crippen LogP contribution in [0.5, 0.6) is 0 Å². The summed E-state index contributed by atoms with van der Waals surface area (Å²) in [5.41, 5.74) is 5.68. The molecule has 1 fully saturated rings. The van der Waals surface area contributed by atoms with E-state index in [2.05, 4.69) is 18.6 Å². The lowest BCUT2D eigenvalue weighted by atomic mass is 9.89. The van der Waals surface area contributed by atoms with Crippen molar-refractivity contribution in [2.45, 2.75) is 39.2 Å². The molecule has 4 heteroatoms. The third kappa shape index (κ3) is 3.02. The van der Waals surface area contributed by atoms with E-state index in [1.54, 1.807) is 0 Å². The number of carbonyl (C=O) groups excluding carboxylic acids is 2. The fourth-order valence-corrected chi connectivity index (χ4v) is 2.24. The van der Waals surface area contributed by atoms with Gasteiger partial charge in [0, 0.05) is 12.3 Å². The highest BCUT2D eigenvalue weighted by molar-refractivity contribution is 5.85. The molecule has 0 radical (unpaired) electrons. The van der Waals surface area contributed by atoms with Crippen molar-refractivity contribution < 1.29 is 14.3 Å². The Bertz CT molecular complexity index is 273. The van der Waals surface area contributed by atoms with Gasteiger partial charge in [-0.1, -0.05) is 13.8 Å². The fourth-order valence-electron chi connectivity index (χ4n) is 2.24. The number of hydrogen-bond acceptors (Lipinski definition) is 4. The Labute approximate surface area is 90.2 Å². The van der Waals surface area contributed by atoms with E-state index in [-0.39, 0.29) is 17.1 Å². The molecule has 4 nitrogen and oxygen atoms in total. The smallest absolute Gasteiger partial charge is 0.322 e. The molecule has 86 valence electrons. The van der Waals surface area contributed by atoms with Gasteiger partial charge in [0.1, 0.15) is 11.8 Å². The second kappa shape index (κ2) is 4.31. The number of hydrogen-bond donors (Lipinski definition) is 1. The summed E-state index contributed by atoms with van der Waals surface area (Å²) in [4.78, 5) is 22.7. The molecule has 1 aliphatic carbocycles. The molecule has 0 heterocycles. The monoisotopic (exact) mass is 213 g/mol. The van der Waals surface area contributed by atoms with Gasteiger partial charge in [-0.3, -0.25) is 9.59 Å². The van der Waals surface area contributed by atoms with Crippen molar-refractivity contribution in [2.24, 2.45) is 17.1 Å². The number of rotatable bonds is 3. The van der Waals surface area contributed by atoms with Crippen LogP contribution >= 0.6 is 0 Å². The maximum Gasteiger partial charge on any atom is 0.322 e. The number of Topliss-reactive ketones (excluding diaryl/α,β-unsaturated/α-hetero) is 1. The zero-order valence-corrected chi connectivity index (χ0v) is 9.58. The normalized spacial score (nSPS) is 26.4. The first-order valence-corrected chi connectivity index (χ1v) is 5.22. The Morgan fingerprint density at radius 1 is 1.67 bits per heavy atom. The van der Waals surface area contributed by atoms with E-state index in [9.17, 15) is 9.59 Å². The molecule has 0 aromatic rings. The summed E-state index contributed by atoms with van der Waals surface area (Å²) < 4.78 is 4.53. The van der Waals surface area contributed by atoms with E-state index in [0.717, 1.165) is 6.42 Å². The molecule has 0 spiro atoms. The van der Waals surface area contributed by atoms with Crippen LogP contribution in [0.3, 0.4) is 0 Å². The third-order valence-corrected chi connectivity index (χ3v) is 2.95. The number of esters is 1. The molecule has 1 saturated carbocycles. The summed E-state index contributed by atoms with van der Waals surface area (Å²) in [7, 11) is 1.31. The lowest BCUT2D eigenvalue weighted by molar-refractivity contribution is -0.142. The Balaban J connectivity index is 2.53. The molecule has 2 N–H and O–H groups in total. The summed E-state index contributed by atoms with van der Waals surface area (Å²) in [6.07, 6.45) is 1.82. The van der Waals surface area contributed by atoms with Crippen LogP contribution in [0.15, 0.2) is 0 Å². The molecule has 15 heavy (non-hydrogen) atoms. The molecular weight excluding hydrogens is 194 g/mol. The predicted molar refractivity (Wildman–Crippen MR) is 56.1 cm³/mol. The van der Waals surface area contributed by atoms with E-state index < -0.39 is 12.0 Å². The first-order chi connectivity index (χ1) is 6.85. The molecular formula is C11H19NO3. The quantitative estimate of drug-likeness (QED) is 0.707. The van der Waals surface area contributed by atoms with Crippen molar-refractivity contribution in [1.29, 1.82) is 0 Å². The van der Waals surface area contributed by atoms with Crippen LogP contribution in [0.2, 0.25) is 0 Å². The zero-order chi connectivity index (χ0) is 11.6. The highest BCUT2D eigenvalue weighted by Gasteiger charge is 2.39. The SMILES string of the molecule is COC(=O)[C@@H](N)CC1CC(C)(C)CC1=O. The highest BCUT2D eigenvalue weighted by Crippen LogP contribution is 2.40. The molecule has 0 bridgehead atoms. The number of carbonyl (C=O) groups is 2. The highest BCUT2D eigenvalue weighted by atomic mass is 16.5. The first-order valence-electron chi connectivity index (χ1n) is 5.22. The molecule has 1 rings (SSSR count). The van der Waals surface area contributed by atoms with Crippen LogP contribution in [-0.4, -0.2) is 24.9 Å². The lowest BCUT2D eigenvalue weighted by Gasteiger charge is -2.17. The summed E-state index contributed by atoms with van der Waals surface area (Å²) in [5.74, 6) is -0.291. The summed E-state index contributed by atoms with van der Waals surface area (Å²) in [6.45, 7) is 4.13. The number of nitrogens with two attached hydrogens (primary N) is 1. The van der Waals surface area contributed by atoms with Crippen LogP contribution < -0.4 is 5.73 Å². The Hall–Kier alpha value is -0.900. The summed E-state index contributed by atoms with van der Waals surface area (Å²) in [5, 5.41) is 0. The second-order valence-corrected chi connectivity index (χ2v) is 5.07. The number of methoxy groups -OCH3 is 1. The molecule has 0 amide bonds. The van der Waals surface area contributed by atoms with Gasteiger partial charge in [0.25, 0.3) is 0 Å². The first kappa shape index (κ1) is 12.2. The minimum Gasteiger partial charge on any atom is -0.468 e. The lowest BCUT2D eigenvalue weighted by Crippen LogP contribution is -2.34. The molecule has 1 aliphatic rings. The minimum absolute atomic E-state index is 0.0532. The van der Waals surface area contributed by atoms with Crippen molar-refractivity contribution in [2.75, 3.05) is 7.11 Å². The average molecular weight is 213 g/mol. The number of ether oxygens (including phenoxy) is 1. The molecule has 0 saturated heterocycles. The third-order valence-electron chi connectivity index (χ3n) is 2.95.